The zero-order valence-electron chi connectivity index (χ0n) is 17.6. The number of hydrogen-bond donors (Lipinski definition) is 1. The summed E-state index contributed by atoms with van der Waals surface area (Å²) in [5, 5.41) is 0.638. The second-order valence-corrected chi connectivity index (χ2v) is 8.16. The highest BCUT2D eigenvalue weighted by molar-refractivity contribution is 6.33. The summed E-state index contributed by atoms with van der Waals surface area (Å²) in [6.07, 6.45) is 0. The molecule has 0 atom stereocenters. The fourth-order valence-electron chi connectivity index (χ4n) is 4.15. The standard InChI is InChI=1S/C28H19ClN4/c29-22-16-8-7-15-21(22)27-32-25(19-11-3-1-4-12-19)26(20-13-5-2-6-14-20)33(27)28-30-23-17-9-10-18-24(23)31-28/h1-18H,(H,30,31). The number of H-pyrrole nitrogens is 1. The third kappa shape index (κ3) is 3.41. The van der Waals surface area contributed by atoms with Crippen LogP contribution in [0.3, 0.4) is 0 Å². The highest BCUT2D eigenvalue weighted by atomic mass is 35.5. The lowest BCUT2D eigenvalue weighted by atomic mass is 10.0. The minimum atomic E-state index is 0.638. The largest absolute Gasteiger partial charge is 0.323 e. The maximum atomic E-state index is 6.67. The molecule has 2 heterocycles. The quantitative estimate of drug-likeness (QED) is 0.306. The first-order valence-electron chi connectivity index (χ1n) is 10.7. The first-order valence-corrected chi connectivity index (χ1v) is 11.1. The molecule has 0 unspecified atom stereocenters. The smallest absolute Gasteiger partial charge is 0.214 e. The van der Waals surface area contributed by atoms with E-state index in [0.717, 1.165) is 44.9 Å². The molecule has 4 aromatic carbocycles. The summed E-state index contributed by atoms with van der Waals surface area (Å²) in [5.41, 5.74) is 6.60. The van der Waals surface area contributed by atoms with Crippen molar-refractivity contribution in [2.75, 3.05) is 0 Å². The molecule has 0 aliphatic carbocycles. The van der Waals surface area contributed by atoms with Gasteiger partial charge in [-0.1, -0.05) is 96.5 Å². The van der Waals surface area contributed by atoms with Crippen LogP contribution in [0.2, 0.25) is 5.02 Å². The normalized spacial score (nSPS) is 11.2. The van der Waals surface area contributed by atoms with Crippen molar-refractivity contribution < 1.29 is 0 Å². The Morgan fingerprint density at radius 2 is 1.27 bits per heavy atom. The van der Waals surface area contributed by atoms with Crippen molar-refractivity contribution in [3.05, 3.63) is 114 Å². The summed E-state index contributed by atoms with van der Waals surface area (Å²) in [4.78, 5) is 13.6. The van der Waals surface area contributed by atoms with Gasteiger partial charge < -0.3 is 4.98 Å². The van der Waals surface area contributed by atoms with Gasteiger partial charge in [0.25, 0.3) is 0 Å². The van der Waals surface area contributed by atoms with E-state index in [2.05, 4.69) is 33.8 Å². The second-order valence-electron chi connectivity index (χ2n) is 7.76. The van der Waals surface area contributed by atoms with Crippen molar-refractivity contribution in [2.45, 2.75) is 0 Å². The van der Waals surface area contributed by atoms with Gasteiger partial charge in [0, 0.05) is 16.7 Å². The van der Waals surface area contributed by atoms with E-state index in [4.69, 9.17) is 21.6 Å². The fraction of sp³-hybridized carbons (Fsp3) is 0. The number of halogens is 1. The summed E-state index contributed by atoms with van der Waals surface area (Å²) in [7, 11) is 0. The molecule has 158 valence electrons. The maximum absolute atomic E-state index is 6.67. The van der Waals surface area contributed by atoms with Crippen molar-refractivity contribution >= 4 is 22.6 Å². The van der Waals surface area contributed by atoms with Gasteiger partial charge in [0.05, 0.1) is 27.4 Å². The Labute approximate surface area is 196 Å². The molecule has 0 bridgehead atoms. The lowest BCUT2D eigenvalue weighted by molar-refractivity contribution is 0.983. The number of fused-ring (bicyclic) bond motifs is 1. The molecule has 0 aliphatic heterocycles. The van der Waals surface area contributed by atoms with Crippen molar-refractivity contribution in [3.8, 4) is 39.9 Å². The number of benzene rings is 4. The lowest BCUT2D eigenvalue weighted by Crippen LogP contribution is -2.02. The van der Waals surface area contributed by atoms with Crippen molar-refractivity contribution in [1.29, 1.82) is 0 Å². The van der Waals surface area contributed by atoms with Crippen LogP contribution in [0.5, 0.6) is 0 Å². The second kappa shape index (κ2) is 8.08. The average Bonchev–Trinajstić information content (AvgIpc) is 3.47. The molecule has 0 radical (unpaired) electrons. The molecular weight excluding hydrogens is 428 g/mol. The summed E-state index contributed by atoms with van der Waals surface area (Å²) in [6, 6.07) is 36.3. The van der Waals surface area contributed by atoms with Gasteiger partial charge >= 0.3 is 0 Å². The van der Waals surface area contributed by atoms with E-state index in [1.54, 1.807) is 0 Å². The molecule has 0 saturated carbocycles. The number of imidazole rings is 2. The van der Waals surface area contributed by atoms with E-state index in [0.29, 0.717) is 11.0 Å². The Morgan fingerprint density at radius 1 is 0.636 bits per heavy atom. The van der Waals surface area contributed by atoms with Crippen LogP contribution in [0.25, 0.3) is 50.9 Å². The highest BCUT2D eigenvalue weighted by Gasteiger charge is 2.25. The van der Waals surface area contributed by atoms with Gasteiger partial charge in [-0.25, -0.2) is 9.97 Å². The Kier molecular flexibility index (Phi) is 4.78. The molecule has 6 rings (SSSR count). The van der Waals surface area contributed by atoms with Crippen molar-refractivity contribution in [2.24, 2.45) is 0 Å². The molecule has 2 aromatic heterocycles. The number of aromatic amines is 1. The molecule has 4 nitrogen and oxygen atoms in total. The van der Waals surface area contributed by atoms with E-state index in [1.165, 1.54) is 0 Å². The SMILES string of the molecule is Clc1ccccc1-c1nc(-c2ccccc2)c(-c2ccccc2)n1-c1nc2ccccc2[nH]1. The van der Waals surface area contributed by atoms with E-state index in [1.807, 2.05) is 84.9 Å². The minimum Gasteiger partial charge on any atom is -0.323 e. The third-order valence-electron chi connectivity index (χ3n) is 5.68. The first-order chi connectivity index (χ1) is 16.3. The molecule has 0 amide bonds. The van der Waals surface area contributed by atoms with Gasteiger partial charge in [-0.05, 0) is 24.3 Å². The number of hydrogen-bond acceptors (Lipinski definition) is 2. The predicted octanol–water partition coefficient (Wildman–Crippen LogP) is 7.40. The number of nitrogens with one attached hydrogen (secondary N) is 1. The molecule has 1 N–H and O–H groups in total. The fourth-order valence-corrected chi connectivity index (χ4v) is 4.37. The van der Waals surface area contributed by atoms with Crippen LogP contribution in [-0.2, 0) is 0 Å². The molecule has 6 aromatic rings. The van der Waals surface area contributed by atoms with Crippen LogP contribution in [0.15, 0.2) is 109 Å². The van der Waals surface area contributed by atoms with Gasteiger partial charge in [0.1, 0.15) is 5.82 Å². The Morgan fingerprint density at radius 3 is 2.00 bits per heavy atom. The molecule has 33 heavy (non-hydrogen) atoms. The maximum Gasteiger partial charge on any atom is 0.214 e. The first kappa shape index (κ1) is 19.5. The zero-order valence-corrected chi connectivity index (χ0v) is 18.4. The van der Waals surface area contributed by atoms with Gasteiger partial charge in [0.2, 0.25) is 5.95 Å². The molecule has 0 fully saturated rings. The van der Waals surface area contributed by atoms with Crippen LogP contribution in [0.1, 0.15) is 0 Å². The van der Waals surface area contributed by atoms with Gasteiger partial charge in [-0.2, -0.15) is 0 Å². The van der Waals surface area contributed by atoms with Crippen molar-refractivity contribution in [3.63, 3.8) is 0 Å². The van der Waals surface area contributed by atoms with E-state index >= 15 is 0 Å². The lowest BCUT2D eigenvalue weighted by Gasteiger charge is -2.11. The monoisotopic (exact) mass is 446 g/mol. The number of rotatable bonds is 4. The predicted molar refractivity (Wildman–Crippen MR) is 135 cm³/mol. The average molecular weight is 447 g/mol. The summed E-state index contributed by atoms with van der Waals surface area (Å²) >= 11 is 6.67. The molecule has 0 spiro atoms. The topological polar surface area (TPSA) is 46.5 Å². The number of para-hydroxylation sites is 2. The van der Waals surface area contributed by atoms with Crippen LogP contribution < -0.4 is 0 Å². The Bertz CT molecular complexity index is 1530. The van der Waals surface area contributed by atoms with Crippen LogP contribution >= 0.6 is 11.6 Å². The van der Waals surface area contributed by atoms with Crippen LogP contribution in [0.4, 0.5) is 0 Å². The van der Waals surface area contributed by atoms with Gasteiger partial charge in [-0.3, -0.25) is 4.57 Å². The van der Waals surface area contributed by atoms with Crippen LogP contribution in [-0.4, -0.2) is 19.5 Å². The summed E-state index contributed by atoms with van der Waals surface area (Å²) in [6.45, 7) is 0. The molecule has 0 aliphatic rings. The number of aromatic nitrogens is 4. The van der Waals surface area contributed by atoms with Crippen molar-refractivity contribution in [1.82, 2.24) is 19.5 Å². The van der Waals surface area contributed by atoms with E-state index in [9.17, 15) is 0 Å². The van der Waals surface area contributed by atoms with Gasteiger partial charge in [0.15, 0.2) is 0 Å². The highest BCUT2D eigenvalue weighted by Crippen LogP contribution is 2.39. The third-order valence-corrected chi connectivity index (χ3v) is 6.00. The van der Waals surface area contributed by atoms with Gasteiger partial charge in [-0.15, -0.1) is 0 Å². The summed E-state index contributed by atoms with van der Waals surface area (Å²) in [5.74, 6) is 1.43. The molecule has 5 heteroatoms. The zero-order chi connectivity index (χ0) is 22.2. The minimum absolute atomic E-state index is 0.638. The van der Waals surface area contributed by atoms with E-state index < -0.39 is 0 Å². The molecular formula is C28H19ClN4. The van der Waals surface area contributed by atoms with Crippen LogP contribution in [0, 0.1) is 0 Å². The molecule has 0 saturated heterocycles. The number of nitrogens with zero attached hydrogens (tertiary/aromatic N) is 3. The Hall–Kier alpha value is -4.15. The van der Waals surface area contributed by atoms with E-state index in [-0.39, 0.29) is 0 Å². The summed E-state index contributed by atoms with van der Waals surface area (Å²) < 4.78 is 2.08. The Balaban J connectivity index is 1.75.